The SMILES string of the molecule is CCC(N)CC1CCCCN1CC. The van der Waals surface area contributed by atoms with E-state index in [-0.39, 0.29) is 0 Å². The monoisotopic (exact) mass is 184 g/mol. The van der Waals surface area contributed by atoms with Crippen LogP contribution in [0.4, 0.5) is 0 Å². The molecule has 0 aliphatic carbocycles. The van der Waals surface area contributed by atoms with Crippen LogP contribution in [-0.2, 0) is 0 Å². The summed E-state index contributed by atoms with van der Waals surface area (Å²) in [6.45, 7) is 6.93. The Morgan fingerprint density at radius 1 is 1.38 bits per heavy atom. The molecule has 0 bridgehead atoms. The zero-order valence-corrected chi connectivity index (χ0v) is 9.13. The first-order valence-corrected chi connectivity index (χ1v) is 5.77. The summed E-state index contributed by atoms with van der Waals surface area (Å²) in [5, 5.41) is 0. The van der Waals surface area contributed by atoms with Gasteiger partial charge in [0.1, 0.15) is 0 Å². The molecule has 1 aliphatic heterocycles. The summed E-state index contributed by atoms with van der Waals surface area (Å²) >= 11 is 0. The van der Waals surface area contributed by atoms with E-state index in [0.717, 1.165) is 12.5 Å². The van der Waals surface area contributed by atoms with Crippen molar-refractivity contribution in [3.63, 3.8) is 0 Å². The topological polar surface area (TPSA) is 29.3 Å². The summed E-state index contributed by atoms with van der Waals surface area (Å²) in [6.07, 6.45) is 6.46. The second-order valence-corrected chi connectivity index (χ2v) is 4.18. The van der Waals surface area contributed by atoms with Crippen LogP contribution in [0.25, 0.3) is 0 Å². The molecular formula is C11H24N2. The van der Waals surface area contributed by atoms with Crippen molar-refractivity contribution in [1.29, 1.82) is 0 Å². The Morgan fingerprint density at radius 2 is 2.15 bits per heavy atom. The molecule has 2 nitrogen and oxygen atoms in total. The molecule has 0 aromatic heterocycles. The third-order valence-electron chi connectivity index (χ3n) is 3.25. The van der Waals surface area contributed by atoms with Crippen molar-refractivity contribution in [2.24, 2.45) is 5.73 Å². The molecule has 1 fully saturated rings. The third kappa shape index (κ3) is 3.28. The largest absolute Gasteiger partial charge is 0.328 e. The predicted molar refractivity (Wildman–Crippen MR) is 57.8 cm³/mol. The van der Waals surface area contributed by atoms with Crippen molar-refractivity contribution in [3.05, 3.63) is 0 Å². The molecule has 0 saturated carbocycles. The van der Waals surface area contributed by atoms with Gasteiger partial charge in [-0.3, -0.25) is 0 Å². The Bertz CT molecular complexity index is 136. The molecule has 1 heterocycles. The summed E-state index contributed by atoms with van der Waals surface area (Å²) in [7, 11) is 0. The number of nitrogens with two attached hydrogens (primary N) is 1. The fraction of sp³-hybridized carbons (Fsp3) is 1.00. The molecule has 13 heavy (non-hydrogen) atoms. The van der Waals surface area contributed by atoms with Crippen LogP contribution in [0.3, 0.4) is 0 Å². The first kappa shape index (κ1) is 11.0. The molecule has 0 aromatic rings. The number of rotatable bonds is 4. The Hall–Kier alpha value is -0.0800. The van der Waals surface area contributed by atoms with E-state index in [1.165, 1.54) is 38.8 Å². The number of hydrogen-bond donors (Lipinski definition) is 1. The minimum atomic E-state index is 0.414. The molecular weight excluding hydrogens is 160 g/mol. The summed E-state index contributed by atoms with van der Waals surface area (Å²) in [6, 6.07) is 1.19. The van der Waals surface area contributed by atoms with Crippen molar-refractivity contribution in [2.45, 2.75) is 58.0 Å². The number of piperidine rings is 1. The molecule has 78 valence electrons. The zero-order chi connectivity index (χ0) is 9.68. The van der Waals surface area contributed by atoms with E-state index in [1.54, 1.807) is 0 Å². The van der Waals surface area contributed by atoms with E-state index >= 15 is 0 Å². The molecule has 0 radical (unpaired) electrons. The third-order valence-corrected chi connectivity index (χ3v) is 3.25. The molecule has 0 amide bonds. The van der Waals surface area contributed by atoms with Gasteiger partial charge in [0, 0.05) is 12.1 Å². The lowest BCUT2D eigenvalue weighted by Crippen LogP contribution is -2.42. The number of likely N-dealkylation sites (tertiary alicyclic amines) is 1. The maximum Gasteiger partial charge on any atom is 0.0110 e. The molecule has 0 aromatic carbocycles. The Kier molecular flexibility index (Phi) is 4.74. The highest BCUT2D eigenvalue weighted by molar-refractivity contribution is 4.79. The van der Waals surface area contributed by atoms with Crippen LogP contribution in [0, 0.1) is 0 Å². The van der Waals surface area contributed by atoms with Crippen LogP contribution >= 0.6 is 0 Å². The van der Waals surface area contributed by atoms with Gasteiger partial charge < -0.3 is 10.6 Å². The molecule has 1 rings (SSSR count). The van der Waals surface area contributed by atoms with E-state index in [4.69, 9.17) is 5.73 Å². The normalized spacial score (nSPS) is 27.5. The van der Waals surface area contributed by atoms with Gasteiger partial charge in [0.2, 0.25) is 0 Å². The lowest BCUT2D eigenvalue weighted by molar-refractivity contribution is 0.141. The van der Waals surface area contributed by atoms with Crippen LogP contribution in [0.2, 0.25) is 0 Å². The second-order valence-electron chi connectivity index (χ2n) is 4.18. The number of hydrogen-bond acceptors (Lipinski definition) is 2. The Morgan fingerprint density at radius 3 is 2.77 bits per heavy atom. The fourth-order valence-electron chi connectivity index (χ4n) is 2.26. The van der Waals surface area contributed by atoms with Gasteiger partial charge in [-0.15, -0.1) is 0 Å². The first-order valence-electron chi connectivity index (χ1n) is 5.77. The van der Waals surface area contributed by atoms with Crippen LogP contribution in [0.5, 0.6) is 0 Å². The van der Waals surface area contributed by atoms with Gasteiger partial charge in [-0.2, -0.15) is 0 Å². The van der Waals surface area contributed by atoms with Gasteiger partial charge in [0.05, 0.1) is 0 Å². The maximum absolute atomic E-state index is 5.99. The molecule has 2 N–H and O–H groups in total. The van der Waals surface area contributed by atoms with E-state index in [0.29, 0.717) is 6.04 Å². The Balaban J connectivity index is 2.35. The van der Waals surface area contributed by atoms with Crippen LogP contribution < -0.4 is 5.73 Å². The average Bonchev–Trinajstić information content (AvgIpc) is 2.18. The highest BCUT2D eigenvalue weighted by atomic mass is 15.2. The fourth-order valence-corrected chi connectivity index (χ4v) is 2.26. The smallest absolute Gasteiger partial charge is 0.0110 e. The van der Waals surface area contributed by atoms with Crippen LogP contribution in [0.15, 0.2) is 0 Å². The van der Waals surface area contributed by atoms with E-state index in [9.17, 15) is 0 Å². The quantitative estimate of drug-likeness (QED) is 0.724. The summed E-state index contributed by atoms with van der Waals surface area (Å²) in [5.41, 5.74) is 5.99. The molecule has 2 unspecified atom stereocenters. The van der Waals surface area contributed by atoms with Crippen molar-refractivity contribution in [2.75, 3.05) is 13.1 Å². The molecule has 2 heteroatoms. The molecule has 0 spiro atoms. The van der Waals surface area contributed by atoms with Gasteiger partial charge in [0.15, 0.2) is 0 Å². The van der Waals surface area contributed by atoms with Gasteiger partial charge in [0.25, 0.3) is 0 Å². The summed E-state index contributed by atoms with van der Waals surface area (Å²) in [4.78, 5) is 2.60. The van der Waals surface area contributed by atoms with Gasteiger partial charge in [-0.1, -0.05) is 20.3 Å². The predicted octanol–water partition coefficient (Wildman–Crippen LogP) is 1.99. The summed E-state index contributed by atoms with van der Waals surface area (Å²) < 4.78 is 0. The van der Waals surface area contributed by atoms with Crippen molar-refractivity contribution in [1.82, 2.24) is 4.90 Å². The highest BCUT2D eigenvalue weighted by Gasteiger charge is 2.21. The van der Waals surface area contributed by atoms with Crippen LogP contribution in [0.1, 0.15) is 46.0 Å². The number of nitrogens with zero attached hydrogens (tertiary/aromatic N) is 1. The minimum absolute atomic E-state index is 0.414. The molecule has 1 saturated heterocycles. The lowest BCUT2D eigenvalue weighted by atomic mass is 9.95. The second kappa shape index (κ2) is 5.61. The first-order chi connectivity index (χ1) is 6.27. The summed E-state index contributed by atoms with van der Waals surface area (Å²) in [5.74, 6) is 0. The van der Waals surface area contributed by atoms with Crippen molar-refractivity contribution < 1.29 is 0 Å². The zero-order valence-electron chi connectivity index (χ0n) is 9.13. The van der Waals surface area contributed by atoms with E-state index in [1.807, 2.05) is 0 Å². The highest BCUT2D eigenvalue weighted by Crippen LogP contribution is 2.20. The van der Waals surface area contributed by atoms with Crippen LogP contribution in [-0.4, -0.2) is 30.1 Å². The Labute approximate surface area is 82.5 Å². The van der Waals surface area contributed by atoms with E-state index in [2.05, 4.69) is 18.7 Å². The van der Waals surface area contributed by atoms with Gasteiger partial charge in [-0.25, -0.2) is 0 Å². The standard InChI is InChI=1S/C11H24N2/c1-3-10(12)9-11-7-5-6-8-13(11)4-2/h10-11H,3-9,12H2,1-2H3. The van der Waals surface area contributed by atoms with Crippen molar-refractivity contribution >= 4 is 0 Å². The van der Waals surface area contributed by atoms with E-state index < -0.39 is 0 Å². The molecule has 2 atom stereocenters. The molecule has 1 aliphatic rings. The average molecular weight is 184 g/mol. The van der Waals surface area contributed by atoms with Gasteiger partial charge >= 0.3 is 0 Å². The maximum atomic E-state index is 5.99. The lowest BCUT2D eigenvalue weighted by Gasteiger charge is -2.36. The minimum Gasteiger partial charge on any atom is -0.328 e. The van der Waals surface area contributed by atoms with Crippen molar-refractivity contribution in [3.8, 4) is 0 Å². The van der Waals surface area contributed by atoms with Gasteiger partial charge in [-0.05, 0) is 38.8 Å².